The van der Waals surface area contributed by atoms with Gasteiger partial charge in [0.25, 0.3) is 0 Å². The Labute approximate surface area is 169 Å². The highest BCUT2D eigenvalue weighted by Gasteiger charge is 2.29. The van der Waals surface area contributed by atoms with E-state index in [1.165, 1.54) is 4.88 Å². The van der Waals surface area contributed by atoms with E-state index >= 15 is 0 Å². The zero-order valence-corrected chi connectivity index (χ0v) is 17.4. The maximum atomic E-state index is 6.20. The highest BCUT2D eigenvalue weighted by atomic mass is 35.5. The van der Waals surface area contributed by atoms with Gasteiger partial charge in [0.1, 0.15) is 0 Å². The molecular formula is C19H24ClN3OS2. The zero-order valence-electron chi connectivity index (χ0n) is 15.0. The van der Waals surface area contributed by atoms with Crippen molar-refractivity contribution in [1.29, 1.82) is 0 Å². The minimum absolute atomic E-state index is 0.159. The molecule has 1 aromatic heterocycles. The van der Waals surface area contributed by atoms with Crippen molar-refractivity contribution in [2.24, 2.45) is 0 Å². The predicted octanol–water partition coefficient (Wildman–Crippen LogP) is 4.46. The number of thiocarbonyl (C=S) groups is 1. The standard InChI is InChI=1S/C19H24ClN3OS2/c1-13-15(20)5-3-6-16(13)22-19(25)21-14(2)18(17-7-4-12-26-17)23-8-10-24-11-9-23/h3-7,12,14,18H,8-11H2,1-2H3,(H2,21,22,25)/t14-,18+/m1/s1. The number of morpholine rings is 1. The molecule has 3 rings (SSSR count). The number of anilines is 1. The van der Waals surface area contributed by atoms with Crippen LogP contribution in [0.3, 0.4) is 0 Å². The SMILES string of the molecule is Cc1c(Cl)cccc1NC(=S)N[C@H](C)[C@@H](c1cccs1)N1CCOCC1. The molecule has 2 heterocycles. The molecule has 1 aromatic carbocycles. The number of hydrogen-bond donors (Lipinski definition) is 2. The van der Waals surface area contributed by atoms with Gasteiger partial charge in [-0.3, -0.25) is 4.90 Å². The van der Waals surface area contributed by atoms with Crippen molar-refractivity contribution in [3.63, 3.8) is 0 Å². The van der Waals surface area contributed by atoms with Crippen LogP contribution in [-0.4, -0.2) is 42.4 Å². The van der Waals surface area contributed by atoms with E-state index in [0.29, 0.717) is 5.11 Å². The summed E-state index contributed by atoms with van der Waals surface area (Å²) in [5.74, 6) is 0. The molecule has 4 nitrogen and oxygen atoms in total. The molecule has 0 aliphatic carbocycles. The van der Waals surface area contributed by atoms with Crippen LogP contribution in [0.25, 0.3) is 0 Å². The Morgan fingerprint density at radius 3 is 2.73 bits per heavy atom. The predicted molar refractivity (Wildman–Crippen MR) is 114 cm³/mol. The summed E-state index contributed by atoms with van der Waals surface area (Å²) >= 11 is 13.5. The van der Waals surface area contributed by atoms with Crippen molar-refractivity contribution in [2.45, 2.75) is 25.9 Å². The lowest BCUT2D eigenvalue weighted by Crippen LogP contribution is -2.49. The Bertz CT molecular complexity index is 732. The van der Waals surface area contributed by atoms with E-state index in [9.17, 15) is 0 Å². The van der Waals surface area contributed by atoms with Gasteiger partial charge in [-0.15, -0.1) is 11.3 Å². The number of rotatable bonds is 5. The average molecular weight is 410 g/mol. The van der Waals surface area contributed by atoms with E-state index in [2.05, 4.69) is 40.0 Å². The summed E-state index contributed by atoms with van der Waals surface area (Å²) in [6.45, 7) is 7.58. The largest absolute Gasteiger partial charge is 0.379 e. The van der Waals surface area contributed by atoms with Crippen molar-refractivity contribution in [1.82, 2.24) is 10.2 Å². The number of thiophene rings is 1. The molecule has 2 N–H and O–H groups in total. The van der Waals surface area contributed by atoms with E-state index in [0.717, 1.165) is 42.6 Å². The maximum Gasteiger partial charge on any atom is 0.171 e. The summed E-state index contributed by atoms with van der Waals surface area (Å²) < 4.78 is 5.52. The van der Waals surface area contributed by atoms with Crippen LogP contribution < -0.4 is 10.6 Å². The van der Waals surface area contributed by atoms with E-state index in [1.807, 2.05) is 25.1 Å². The van der Waals surface area contributed by atoms with Gasteiger partial charge in [-0.2, -0.15) is 0 Å². The monoisotopic (exact) mass is 409 g/mol. The fourth-order valence-electron chi connectivity index (χ4n) is 3.24. The van der Waals surface area contributed by atoms with Crippen LogP contribution in [0, 0.1) is 6.92 Å². The van der Waals surface area contributed by atoms with Crippen molar-refractivity contribution < 1.29 is 4.74 Å². The number of halogens is 1. The fraction of sp³-hybridized carbons (Fsp3) is 0.421. The van der Waals surface area contributed by atoms with Gasteiger partial charge >= 0.3 is 0 Å². The van der Waals surface area contributed by atoms with Crippen molar-refractivity contribution >= 4 is 46.0 Å². The molecule has 1 saturated heterocycles. The first-order chi connectivity index (χ1) is 12.6. The summed E-state index contributed by atoms with van der Waals surface area (Å²) in [5, 5.41) is 10.2. The first-order valence-corrected chi connectivity index (χ1v) is 10.4. The quantitative estimate of drug-likeness (QED) is 0.713. The summed E-state index contributed by atoms with van der Waals surface area (Å²) in [6.07, 6.45) is 0. The third kappa shape index (κ3) is 4.75. The smallest absolute Gasteiger partial charge is 0.171 e. The minimum atomic E-state index is 0.159. The van der Waals surface area contributed by atoms with E-state index in [4.69, 9.17) is 28.6 Å². The van der Waals surface area contributed by atoms with Crippen LogP contribution in [0.5, 0.6) is 0 Å². The first kappa shape index (κ1) is 19.6. The number of nitrogens with zero attached hydrogens (tertiary/aromatic N) is 1. The highest BCUT2D eigenvalue weighted by Crippen LogP contribution is 2.29. The van der Waals surface area contributed by atoms with Crippen LogP contribution >= 0.6 is 35.2 Å². The fourth-order valence-corrected chi connectivity index (χ4v) is 4.68. The Morgan fingerprint density at radius 1 is 1.27 bits per heavy atom. The Morgan fingerprint density at radius 2 is 2.04 bits per heavy atom. The molecule has 140 valence electrons. The molecule has 0 spiro atoms. The highest BCUT2D eigenvalue weighted by molar-refractivity contribution is 7.80. The number of ether oxygens (including phenoxy) is 1. The summed E-state index contributed by atoms with van der Waals surface area (Å²) in [7, 11) is 0. The molecule has 0 amide bonds. The summed E-state index contributed by atoms with van der Waals surface area (Å²) in [5.41, 5.74) is 1.93. The van der Waals surface area contributed by atoms with Crippen LogP contribution in [0.15, 0.2) is 35.7 Å². The number of nitrogens with one attached hydrogen (secondary N) is 2. The van der Waals surface area contributed by atoms with Gasteiger partial charge in [-0.05, 0) is 55.2 Å². The molecule has 0 bridgehead atoms. The van der Waals surface area contributed by atoms with Gasteiger partial charge in [0.05, 0.1) is 19.3 Å². The van der Waals surface area contributed by atoms with Crippen LogP contribution in [0.4, 0.5) is 5.69 Å². The third-order valence-electron chi connectivity index (χ3n) is 4.62. The lowest BCUT2D eigenvalue weighted by molar-refractivity contribution is 0.0110. The molecule has 7 heteroatoms. The topological polar surface area (TPSA) is 36.5 Å². The lowest BCUT2D eigenvalue weighted by Gasteiger charge is -2.38. The average Bonchev–Trinajstić information content (AvgIpc) is 3.14. The number of benzene rings is 1. The molecule has 1 fully saturated rings. The minimum Gasteiger partial charge on any atom is -0.379 e. The van der Waals surface area contributed by atoms with Crippen LogP contribution in [0.2, 0.25) is 5.02 Å². The van der Waals surface area contributed by atoms with Gasteiger partial charge in [-0.1, -0.05) is 23.7 Å². The Hall–Kier alpha value is -1.18. The van der Waals surface area contributed by atoms with E-state index < -0.39 is 0 Å². The van der Waals surface area contributed by atoms with Crippen molar-refractivity contribution in [3.8, 4) is 0 Å². The van der Waals surface area contributed by atoms with Gasteiger partial charge in [0.2, 0.25) is 0 Å². The molecule has 2 atom stereocenters. The molecule has 1 aliphatic heterocycles. The van der Waals surface area contributed by atoms with Crippen LogP contribution in [-0.2, 0) is 4.74 Å². The van der Waals surface area contributed by atoms with E-state index in [1.54, 1.807) is 11.3 Å². The Balaban J connectivity index is 1.69. The van der Waals surface area contributed by atoms with Gasteiger partial charge in [0.15, 0.2) is 5.11 Å². The second-order valence-corrected chi connectivity index (χ2v) is 8.20. The number of hydrogen-bond acceptors (Lipinski definition) is 4. The molecule has 26 heavy (non-hydrogen) atoms. The molecule has 0 saturated carbocycles. The van der Waals surface area contributed by atoms with Gasteiger partial charge in [0, 0.05) is 34.7 Å². The molecule has 1 aliphatic rings. The van der Waals surface area contributed by atoms with Crippen molar-refractivity contribution in [2.75, 3.05) is 31.6 Å². The third-order valence-corrected chi connectivity index (χ3v) is 6.19. The second-order valence-electron chi connectivity index (χ2n) is 6.41. The molecular weight excluding hydrogens is 386 g/mol. The maximum absolute atomic E-state index is 6.20. The zero-order chi connectivity index (χ0) is 18.5. The normalized spacial score (nSPS) is 17.5. The molecule has 2 aromatic rings. The van der Waals surface area contributed by atoms with Gasteiger partial charge < -0.3 is 15.4 Å². The lowest BCUT2D eigenvalue weighted by atomic mass is 10.1. The van der Waals surface area contributed by atoms with E-state index in [-0.39, 0.29) is 12.1 Å². The first-order valence-electron chi connectivity index (χ1n) is 8.74. The van der Waals surface area contributed by atoms with Crippen molar-refractivity contribution in [3.05, 3.63) is 51.2 Å². The Kier molecular flexibility index (Phi) is 6.89. The van der Waals surface area contributed by atoms with Gasteiger partial charge in [-0.25, -0.2) is 0 Å². The molecule has 0 radical (unpaired) electrons. The summed E-state index contributed by atoms with van der Waals surface area (Å²) in [6, 6.07) is 10.5. The summed E-state index contributed by atoms with van der Waals surface area (Å²) in [4.78, 5) is 3.81. The second kappa shape index (κ2) is 9.15. The molecule has 0 unspecified atom stereocenters. The van der Waals surface area contributed by atoms with Crippen LogP contribution in [0.1, 0.15) is 23.4 Å².